The maximum Gasteiger partial charge on any atom is 0.0811 e. The molecule has 0 aromatic heterocycles. The SMILES string of the molecule is C=C1/C(=C/C=C2\C[C@H](O)C[C@]3(C)[C@@H]([C@H](C)CCCC(C)(C)O)CC[C@@H]23)C[C@@H](O)C[C@@H]1O. The average molecular weight is 433 g/mol. The van der Waals surface area contributed by atoms with E-state index < -0.39 is 17.8 Å². The second-order valence-electron chi connectivity index (χ2n) is 11.6. The van der Waals surface area contributed by atoms with Gasteiger partial charge in [-0.1, -0.05) is 51.0 Å². The zero-order chi connectivity index (χ0) is 23.0. The van der Waals surface area contributed by atoms with E-state index >= 15 is 0 Å². The maximum atomic E-state index is 10.8. The predicted octanol–water partition coefficient (Wildman–Crippen LogP) is 4.68. The van der Waals surface area contributed by atoms with Gasteiger partial charge in [-0.3, -0.25) is 0 Å². The number of rotatable bonds is 6. The minimum Gasteiger partial charge on any atom is -0.393 e. The highest BCUT2D eigenvalue weighted by atomic mass is 16.3. The molecule has 0 amide bonds. The average Bonchev–Trinajstić information content (AvgIpc) is 2.98. The summed E-state index contributed by atoms with van der Waals surface area (Å²) in [6, 6.07) is 0. The van der Waals surface area contributed by atoms with Crippen LogP contribution in [0.25, 0.3) is 0 Å². The normalized spacial score (nSPS) is 40.4. The molecule has 4 N–H and O–H groups in total. The zero-order valence-corrected chi connectivity index (χ0v) is 20.0. The van der Waals surface area contributed by atoms with E-state index in [1.54, 1.807) is 0 Å². The summed E-state index contributed by atoms with van der Waals surface area (Å²) >= 11 is 0. The number of fused-ring (bicyclic) bond motifs is 1. The van der Waals surface area contributed by atoms with Gasteiger partial charge in [-0.15, -0.1) is 0 Å². The van der Waals surface area contributed by atoms with Gasteiger partial charge in [-0.05, 0) is 86.7 Å². The smallest absolute Gasteiger partial charge is 0.0811 e. The van der Waals surface area contributed by atoms with Gasteiger partial charge in [0.25, 0.3) is 0 Å². The van der Waals surface area contributed by atoms with Crippen molar-refractivity contribution in [2.45, 2.75) is 109 Å². The number of allylic oxidation sites excluding steroid dienone is 2. The second kappa shape index (κ2) is 9.51. The van der Waals surface area contributed by atoms with Crippen molar-refractivity contribution in [3.8, 4) is 0 Å². The van der Waals surface area contributed by atoms with Crippen LogP contribution in [0.4, 0.5) is 0 Å². The second-order valence-corrected chi connectivity index (χ2v) is 11.6. The number of hydrogen-bond donors (Lipinski definition) is 4. The Kier molecular flexibility index (Phi) is 7.57. The molecule has 0 aromatic rings. The third-order valence-electron chi connectivity index (χ3n) is 8.40. The van der Waals surface area contributed by atoms with Crippen LogP contribution in [0.1, 0.15) is 85.5 Å². The van der Waals surface area contributed by atoms with Crippen molar-refractivity contribution in [1.29, 1.82) is 0 Å². The van der Waals surface area contributed by atoms with Gasteiger partial charge in [0.2, 0.25) is 0 Å². The molecule has 3 rings (SSSR count). The summed E-state index contributed by atoms with van der Waals surface area (Å²) in [6.07, 6.45) is 10.5. The lowest BCUT2D eigenvalue weighted by atomic mass is 9.60. The van der Waals surface area contributed by atoms with E-state index in [1.165, 1.54) is 12.0 Å². The Balaban J connectivity index is 1.75. The predicted molar refractivity (Wildman–Crippen MR) is 125 cm³/mol. The summed E-state index contributed by atoms with van der Waals surface area (Å²) in [5.41, 5.74) is 2.44. The van der Waals surface area contributed by atoms with Crippen molar-refractivity contribution < 1.29 is 20.4 Å². The summed E-state index contributed by atoms with van der Waals surface area (Å²) in [5, 5.41) is 41.0. The van der Waals surface area contributed by atoms with Crippen molar-refractivity contribution in [2.75, 3.05) is 0 Å². The summed E-state index contributed by atoms with van der Waals surface area (Å²) in [6.45, 7) is 12.5. The first-order chi connectivity index (χ1) is 14.4. The van der Waals surface area contributed by atoms with Crippen LogP contribution in [0.3, 0.4) is 0 Å². The molecule has 3 aliphatic carbocycles. The molecular weight excluding hydrogens is 388 g/mol. The molecule has 0 radical (unpaired) electrons. The standard InChI is InChI=1S/C27H44O4/c1-17(7-6-12-26(3,4)31)23-10-11-24-20(14-22(29)16-27(23,24)5)9-8-19-13-21(28)15-25(30)18(19)2/h8-9,17,21-25,28-31H,2,6-7,10-16H2,1,3-5H3/b19-8+,20-9+/t17-,21-,22+,23-,24+,25+,27-/m1/s1. The fraction of sp³-hybridized carbons (Fsp3) is 0.778. The van der Waals surface area contributed by atoms with Crippen LogP contribution in [0, 0.1) is 23.2 Å². The van der Waals surface area contributed by atoms with E-state index in [0.29, 0.717) is 42.6 Å². The van der Waals surface area contributed by atoms with Gasteiger partial charge in [0.05, 0.1) is 23.9 Å². The largest absolute Gasteiger partial charge is 0.393 e. The van der Waals surface area contributed by atoms with Crippen LogP contribution < -0.4 is 0 Å². The van der Waals surface area contributed by atoms with Gasteiger partial charge in [0, 0.05) is 6.42 Å². The first-order valence-corrected chi connectivity index (χ1v) is 12.3. The summed E-state index contributed by atoms with van der Waals surface area (Å²) in [7, 11) is 0. The Morgan fingerprint density at radius 1 is 1.13 bits per heavy atom. The van der Waals surface area contributed by atoms with Crippen LogP contribution in [0.15, 0.2) is 35.5 Å². The van der Waals surface area contributed by atoms with Crippen LogP contribution in [0.5, 0.6) is 0 Å². The molecule has 3 aliphatic rings. The minimum atomic E-state index is -0.670. The molecular formula is C27H44O4. The summed E-state index contributed by atoms with van der Waals surface area (Å²) < 4.78 is 0. The quantitative estimate of drug-likeness (QED) is 0.491. The third kappa shape index (κ3) is 5.71. The van der Waals surface area contributed by atoms with E-state index in [0.717, 1.165) is 37.7 Å². The van der Waals surface area contributed by atoms with Gasteiger partial charge >= 0.3 is 0 Å². The van der Waals surface area contributed by atoms with Crippen molar-refractivity contribution in [2.24, 2.45) is 23.2 Å². The van der Waals surface area contributed by atoms with Gasteiger partial charge in [0.1, 0.15) is 0 Å². The Morgan fingerprint density at radius 3 is 2.52 bits per heavy atom. The van der Waals surface area contributed by atoms with Crippen LogP contribution in [-0.4, -0.2) is 44.3 Å². The van der Waals surface area contributed by atoms with E-state index in [9.17, 15) is 20.4 Å². The summed E-state index contributed by atoms with van der Waals surface area (Å²) in [4.78, 5) is 0. The Hall–Kier alpha value is -0.940. The van der Waals surface area contributed by atoms with Crippen LogP contribution in [-0.2, 0) is 0 Å². The fourth-order valence-corrected chi connectivity index (χ4v) is 6.80. The molecule has 0 heterocycles. The molecule has 176 valence electrons. The molecule has 0 saturated heterocycles. The van der Waals surface area contributed by atoms with Crippen LogP contribution >= 0.6 is 0 Å². The van der Waals surface area contributed by atoms with E-state index in [-0.39, 0.29) is 11.5 Å². The molecule has 3 fully saturated rings. The summed E-state index contributed by atoms with van der Waals surface area (Å²) in [5.74, 6) is 1.63. The molecule has 4 nitrogen and oxygen atoms in total. The first kappa shape index (κ1) is 24.7. The minimum absolute atomic E-state index is 0.0960. The van der Waals surface area contributed by atoms with Crippen LogP contribution in [0.2, 0.25) is 0 Å². The van der Waals surface area contributed by atoms with Gasteiger partial charge in [-0.2, -0.15) is 0 Å². The molecule has 31 heavy (non-hydrogen) atoms. The zero-order valence-electron chi connectivity index (χ0n) is 20.0. The number of aliphatic hydroxyl groups is 4. The van der Waals surface area contributed by atoms with E-state index in [1.807, 2.05) is 19.9 Å². The van der Waals surface area contributed by atoms with Gasteiger partial charge in [0.15, 0.2) is 0 Å². The van der Waals surface area contributed by atoms with Crippen molar-refractivity contribution in [3.63, 3.8) is 0 Å². The lowest BCUT2D eigenvalue weighted by molar-refractivity contribution is 0.0146. The monoisotopic (exact) mass is 432 g/mol. The Bertz CT molecular complexity index is 715. The molecule has 0 bridgehead atoms. The highest BCUT2D eigenvalue weighted by molar-refractivity contribution is 5.38. The first-order valence-electron chi connectivity index (χ1n) is 12.3. The van der Waals surface area contributed by atoms with Gasteiger partial charge in [-0.25, -0.2) is 0 Å². The third-order valence-corrected chi connectivity index (χ3v) is 8.40. The Morgan fingerprint density at radius 2 is 1.84 bits per heavy atom. The molecule has 0 aromatic carbocycles. The molecule has 7 atom stereocenters. The molecule has 0 spiro atoms. The topological polar surface area (TPSA) is 80.9 Å². The fourth-order valence-electron chi connectivity index (χ4n) is 6.80. The highest BCUT2D eigenvalue weighted by Crippen LogP contribution is 2.60. The molecule has 3 saturated carbocycles. The van der Waals surface area contributed by atoms with Crippen molar-refractivity contribution in [3.05, 3.63) is 35.5 Å². The number of hydrogen-bond acceptors (Lipinski definition) is 4. The highest BCUT2D eigenvalue weighted by Gasteiger charge is 2.52. The lowest BCUT2D eigenvalue weighted by Gasteiger charge is -2.46. The van der Waals surface area contributed by atoms with Crippen molar-refractivity contribution >= 4 is 0 Å². The molecule has 4 heteroatoms. The lowest BCUT2D eigenvalue weighted by Crippen LogP contribution is -2.41. The molecule has 0 unspecified atom stereocenters. The van der Waals surface area contributed by atoms with Crippen molar-refractivity contribution in [1.82, 2.24) is 0 Å². The van der Waals surface area contributed by atoms with Gasteiger partial charge < -0.3 is 20.4 Å². The number of aliphatic hydroxyl groups excluding tert-OH is 3. The maximum absolute atomic E-state index is 10.8. The Labute approximate surface area is 188 Å². The van der Waals surface area contributed by atoms with E-state index in [2.05, 4.69) is 26.5 Å². The van der Waals surface area contributed by atoms with E-state index in [4.69, 9.17) is 0 Å². The molecule has 0 aliphatic heterocycles.